The largest absolute Gasteiger partial charge is 0.270 e. The first-order valence-electron chi connectivity index (χ1n) is 5.71. The highest BCUT2D eigenvalue weighted by Gasteiger charge is 2.41. The number of benzene rings is 1. The number of halogens is 1. The van der Waals surface area contributed by atoms with Crippen LogP contribution in [0.25, 0.3) is 0 Å². The summed E-state index contributed by atoms with van der Waals surface area (Å²) in [7, 11) is -3.66. The summed E-state index contributed by atoms with van der Waals surface area (Å²) in [5.74, 6) is -0.0849. The highest BCUT2D eigenvalue weighted by molar-refractivity contribution is 9.10. The molecule has 18 heavy (non-hydrogen) atoms. The first kappa shape index (κ1) is 13.5. The zero-order chi connectivity index (χ0) is 13.5. The number of rotatable bonds is 3. The summed E-state index contributed by atoms with van der Waals surface area (Å²) in [6.45, 7) is 4.23. The first-order chi connectivity index (χ1) is 8.35. The standard InChI is InChI=1S/C12H14BrNO3S/c1-8(2)6-7-14-12(15)11-9(13)4-3-5-10(11)18(14,16)17/h3-5,8H,6-7H2,1-2H3. The van der Waals surface area contributed by atoms with Crippen molar-refractivity contribution in [2.75, 3.05) is 6.54 Å². The van der Waals surface area contributed by atoms with Crippen LogP contribution in [0.3, 0.4) is 0 Å². The maximum atomic E-state index is 12.2. The van der Waals surface area contributed by atoms with Gasteiger partial charge in [-0.15, -0.1) is 0 Å². The number of sulfonamides is 1. The van der Waals surface area contributed by atoms with Crippen molar-refractivity contribution in [1.82, 2.24) is 4.31 Å². The lowest BCUT2D eigenvalue weighted by Gasteiger charge is -2.16. The summed E-state index contributed by atoms with van der Waals surface area (Å²) < 4.78 is 26.0. The lowest BCUT2D eigenvalue weighted by atomic mass is 10.1. The molecule has 0 aromatic heterocycles. The molecule has 6 heteroatoms. The minimum atomic E-state index is -3.66. The van der Waals surface area contributed by atoms with Crippen molar-refractivity contribution in [2.24, 2.45) is 5.92 Å². The second kappa shape index (κ2) is 4.66. The van der Waals surface area contributed by atoms with E-state index in [4.69, 9.17) is 0 Å². The van der Waals surface area contributed by atoms with Crippen molar-refractivity contribution < 1.29 is 13.2 Å². The molecule has 1 aromatic carbocycles. The van der Waals surface area contributed by atoms with Gasteiger partial charge in [0.1, 0.15) is 4.90 Å². The van der Waals surface area contributed by atoms with Crippen molar-refractivity contribution in [2.45, 2.75) is 25.2 Å². The third-order valence-electron chi connectivity index (χ3n) is 2.89. The molecule has 2 rings (SSSR count). The van der Waals surface area contributed by atoms with Gasteiger partial charge in [0.25, 0.3) is 15.9 Å². The van der Waals surface area contributed by atoms with Crippen LogP contribution >= 0.6 is 15.9 Å². The topological polar surface area (TPSA) is 54.5 Å². The van der Waals surface area contributed by atoms with Gasteiger partial charge in [0.15, 0.2) is 0 Å². The lowest BCUT2D eigenvalue weighted by Crippen LogP contribution is -2.31. The molecule has 0 saturated heterocycles. The van der Waals surface area contributed by atoms with Gasteiger partial charge in [0.2, 0.25) is 0 Å². The van der Waals surface area contributed by atoms with Crippen LogP contribution in [0.5, 0.6) is 0 Å². The molecular formula is C12H14BrNO3S. The van der Waals surface area contributed by atoms with Gasteiger partial charge in [0.05, 0.1) is 5.56 Å². The molecule has 0 N–H and O–H groups in total. The molecule has 0 radical (unpaired) electrons. The lowest BCUT2D eigenvalue weighted by molar-refractivity contribution is 0.0866. The second-order valence-electron chi connectivity index (χ2n) is 4.68. The van der Waals surface area contributed by atoms with Crippen LogP contribution in [0, 0.1) is 5.92 Å². The Morgan fingerprint density at radius 2 is 2.00 bits per heavy atom. The molecule has 0 atom stereocenters. The number of fused-ring (bicyclic) bond motifs is 1. The predicted molar refractivity (Wildman–Crippen MR) is 71.8 cm³/mol. The number of carbonyl (C=O) groups is 1. The van der Waals surface area contributed by atoms with Crippen molar-refractivity contribution in [1.29, 1.82) is 0 Å². The van der Waals surface area contributed by atoms with Gasteiger partial charge < -0.3 is 0 Å². The second-order valence-corrected chi connectivity index (χ2v) is 7.36. The molecule has 98 valence electrons. The zero-order valence-corrected chi connectivity index (χ0v) is 12.6. The summed E-state index contributed by atoms with van der Waals surface area (Å²) in [4.78, 5) is 12.3. The molecule has 0 saturated carbocycles. The Balaban J connectivity index is 2.45. The third-order valence-corrected chi connectivity index (χ3v) is 5.38. The van der Waals surface area contributed by atoms with Crippen LogP contribution in [0.1, 0.15) is 30.6 Å². The molecule has 0 bridgehead atoms. The Labute approximate surface area is 115 Å². The number of nitrogens with zero attached hydrogens (tertiary/aromatic N) is 1. The average molecular weight is 332 g/mol. The molecule has 1 heterocycles. The fraction of sp³-hybridized carbons (Fsp3) is 0.417. The Morgan fingerprint density at radius 1 is 1.33 bits per heavy atom. The van der Waals surface area contributed by atoms with Crippen LogP contribution in [0.2, 0.25) is 0 Å². The van der Waals surface area contributed by atoms with Crippen LogP contribution < -0.4 is 0 Å². The SMILES string of the molecule is CC(C)CCN1C(=O)c2c(Br)cccc2S1(=O)=O. The first-order valence-corrected chi connectivity index (χ1v) is 7.94. The number of carbonyl (C=O) groups excluding carboxylic acids is 1. The minimum absolute atomic E-state index is 0.102. The van der Waals surface area contributed by atoms with E-state index in [0.29, 0.717) is 16.8 Å². The summed E-state index contributed by atoms with van der Waals surface area (Å²) in [6.07, 6.45) is 0.663. The molecule has 0 unspecified atom stereocenters. The smallest absolute Gasteiger partial charge is 0.268 e. The molecule has 1 amide bonds. The molecular weight excluding hydrogens is 318 g/mol. The predicted octanol–water partition coefficient (Wildman–Crippen LogP) is 2.64. The van der Waals surface area contributed by atoms with Gasteiger partial charge in [-0.2, -0.15) is 0 Å². The summed E-state index contributed by atoms with van der Waals surface area (Å²) in [5.41, 5.74) is 0.251. The van der Waals surface area contributed by atoms with Gasteiger partial charge >= 0.3 is 0 Å². The normalized spacial score (nSPS) is 17.3. The fourth-order valence-electron chi connectivity index (χ4n) is 1.88. The Morgan fingerprint density at radius 3 is 2.56 bits per heavy atom. The Bertz CT molecular complexity index is 595. The molecule has 0 fully saturated rings. The van der Waals surface area contributed by atoms with E-state index in [0.717, 1.165) is 4.31 Å². The van der Waals surface area contributed by atoms with Crippen LogP contribution in [0.4, 0.5) is 0 Å². The summed E-state index contributed by atoms with van der Waals surface area (Å²) in [5, 5.41) is 0. The number of amides is 1. The third kappa shape index (κ3) is 2.07. The fourth-order valence-corrected chi connectivity index (χ4v) is 4.14. The van der Waals surface area contributed by atoms with Gasteiger partial charge in [-0.25, -0.2) is 12.7 Å². The Kier molecular flexibility index (Phi) is 3.51. The van der Waals surface area contributed by atoms with E-state index in [-0.39, 0.29) is 17.0 Å². The van der Waals surface area contributed by atoms with Crippen molar-refractivity contribution >= 4 is 31.9 Å². The van der Waals surface area contributed by atoms with Crippen molar-refractivity contribution in [3.05, 3.63) is 28.2 Å². The van der Waals surface area contributed by atoms with E-state index < -0.39 is 15.9 Å². The highest BCUT2D eigenvalue weighted by atomic mass is 79.9. The minimum Gasteiger partial charge on any atom is -0.268 e. The van der Waals surface area contributed by atoms with Crippen LogP contribution in [-0.4, -0.2) is 25.2 Å². The molecule has 1 aliphatic heterocycles. The van der Waals surface area contributed by atoms with Crippen LogP contribution in [0.15, 0.2) is 27.6 Å². The Hall–Kier alpha value is -0.880. The van der Waals surface area contributed by atoms with Crippen molar-refractivity contribution in [3.63, 3.8) is 0 Å². The monoisotopic (exact) mass is 331 g/mol. The zero-order valence-electron chi connectivity index (χ0n) is 10.2. The van der Waals surface area contributed by atoms with E-state index >= 15 is 0 Å². The van der Waals surface area contributed by atoms with Gasteiger partial charge in [-0.1, -0.05) is 19.9 Å². The van der Waals surface area contributed by atoms with E-state index in [2.05, 4.69) is 15.9 Å². The number of hydrogen-bond donors (Lipinski definition) is 0. The average Bonchev–Trinajstić information content (AvgIpc) is 2.46. The van der Waals surface area contributed by atoms with Gasteiger partial charge in [-0.05, 0) is 40.4 Å². The van der Waals surface area contributed by atoms with E-state index in [9.17, 15) is 13.2 Å². The van der Waals surface area contributed by atoms with E-state index in [1.807, 2.05) is 13.8 Å². The maximum Gasteiger partial charge on any atom is 0.270 e. The summed E-state index contributed by atoms with van der Waals surface area (Å²) >= 11 is 3.23. The van der Waals surface area contributed by atoms with E-state index in [1.165, 1.54) is 6.07 Å². The molecule has 0 spiro atoms. The van der Waals surface area contributed by atoms with Crippen LogP contribution in [-0.2, 0) is 10.0 Å². The molecule has 4 nitrogen and oxygen atoms in total. The highest BCUT2D eigenvalue weighted by Crippen LogP contribution is 2.35. The maximum absolute atomic E-state index is 12.2. The number of hydrogen-bond acceptors (Lipinski definition) is 3. The van der Waals surface area contributed by atoms with Gasteiger partial charge in [0, 0.05) is 11.0 Å². The van der Waals surface area contributed by atoms with Gasteiger partial charge in [-0.3, -0.25) is 4.79 Å². The molecule has 1 aromatic rings. The molecule has 0 aliphatic carbocycles. The summed E-state index contributed by atoms with van der Waals surface area (Å²) in [6, 6.07) is 4.78. The molecule has 1 aliphatic rings. The van der Waals surface area contributed by atoms with E-state index in [1.54, 1.807) is 12.1 Å². The van der Waals surface area contributed by atoms with Crippen molar-refractivity contribution in [3.8, 4) is 0 Å². The quantitative estimate of drug-likeness (QED) is 0.855.